The molecule has 0 fully saturated rings. The van der Waals surface area contributed by atoms with Crippen molar-refractivity contribution in [1.29, 1.82) is 0 Å². The number of hydrogen-bond donors (Lipinski definition) is 1. The summed E-state index contributed by atoms with van der Waals surface area (Å²) in [7, 11) is 0. The second kappa shape index (κ2) is 5.22. The first kappa shape index (κ1) is 12.1. The van der Waals surface area contributed by atoms with Gasteiger partial charge in [-0.25, -0.2) is 4.79 Å². The molecule has 6 heteroatoms. The fourth-order valence-electron chi connectivity index (χ4n) is 1.17. The van der Waals surface area contributed by atoms with Gasteiger partial charge in [0.05, 0.1) is 11.5 Å². The molecule has 0 aliphatic rings. The quantitative estimate of drug-likeness (QED) is 0.470. The van der Waals surface area contributed by atoms with Crippen LogP contribution in [0, 0.1) is 10.1 Å². The Morgan fingerprint density at radius 1 is 1.50 bits per heavy atom. The van der Waals surface area contributed by atoms with Gasteiger partial charge >= 0.3 is 5.97 Å². The summed E-state index contributed by atoms with van der Waals surface area (Å²) in [6.45, 7) is 1.93. The van der Waals surface area contributed by atoms with Crippen molar-refractivity contribution in [1.82, 2.24) is 0 Å². The Balaban J connectivity index is 2.81. The molecule has 0 bridgehead atoms. The average Bonchev–Trinajstić information content (AvgIpc) is 2.28. The van der Waals surface area contributed by atoms with Gasteiger partial charge in [-0.1, -0.05) is 12.1 Å². The molecule has 6 nitrogen and oxygen atoms in total. The molecular formula is C10H12N2O4. The number of non-ortho nitro benzene ring substituents is 1. The zero-order valence-electron chi connectivity index (χ0n) is 8.75. The van der Waals surface area contributed by atoms with Crippen LogP contribution in [0.4, 0.5) is 5.69 Å². The molecule has 16 heavy (non-hydrogen) atoms. The summed E-state index contributed by atoms with van der Waals surface area (Å²) in [5.41, 5.74) is 6.05. The third kappa shape index (κ3) is 2.77. The lowest BCUT2D eigenvalue weighted by molar-refractivity contribution is -0.384. The second-order valence-electron chi connectivity index (χ2n) is 3.08. The van der Waals surface area contributed by atoms with E-state index < -0.39 is 16.9 Å². The highest BCUT2D eigenvalue weighted by Crippen LogP contribution is 2.17. The minimum Gasteiger partial charge on any atom is -0.465 e. The summed E-state index contributed by atoms with van der Waals surface area (Å²) in [4.78, 5) is 21.2. The van der Waals surface area contributed by atoms with Gasteiger partial charge < -0.3 is 10.5 Å². The van der Waals surface area contributed by atoms with E-state index >= 15 is 0 Å². The van der Waals surface area contributed by atoms with Crippen molar-refractivity contribution < 1.29 is 14.5 Å². The van der Waals surface area contributed by atoms with E-state index in [2.05, 4.69) is 0 Å². The van der Waals surface area contributed by atoms with Crippen molar-refractivity contribution in [2.24, 2.45) is 5.73 Å². The minimum absolute atomic E-state index is 0.0418. The summed E-state index contributed by atoms with van der Waals surface area (Å²) < 4.78 is 4.74. The molecule has 1 atom stereocenters. The number of hydrogen-bond acceptors (Lipinski definition) is 5. The maximum absolute atomic E-state index is 11.3. The lowest BCUT2D eigenvalue weighted by atomic mass is 10.1. The molecule has 0 saturated carbocycles. The number of benzene rings is 1. The zero-order chi connectivity index (χ0) is 12.1. The SMILES string of the molecule is CCOC(=O)C(N)c1ccc([N+](=O)[O-])cc1. The number of nitrogens with zero attached hydrogens (tertiary/aromatic N) is 1. The number of nitrogens with two attached hydrogens (primary N) is 1. The molecule has 0 aromatic heterocycles. The largest absolute Gasteiger partial charge is 0.465 e. The van der Waals surface area contributed by atoms with Crippen LogP contribution in [0.25, 0.3) is 0 Å². The van der Waals surface area contributed by atoms with Crippen LogP contribution in [0.1, 0.15) is 18.5 Å². The molecular weight excluding hydrogens is 212 g/mol. The second-order valence-corrected chi connectivity index (χ2v) is 3.08. The van der Waals surface area contributed by atoms with E-state index in [1.165, 1.54) is 24.3 Å². The Bertz CT molecular complexity index is 388. The molecule has 1 aromatic carbocycles. The summed E-state index contributed by atoms with van der Waals surface area (Å²) in [6, 6.07) is 4.59. The first-order chi connectivity index (χ1) is 7.56. The fraction of sp³-hybridized carbons (Fsp3) is 0.300. The van der Waals surface area contributed by atoms with Crippen molar-refractivity contribution in [2.75, 3.05) is 6.61 Å². The molecule has 0 radical (unpaired) electrons. The standard InChI is InChI=1S/C10H12N2O4/c1-2-16-10(13)9(11)7-3-5-8(6-4-7)12(14)15/h3-6,9H,2,11H2,1H3. The molecule has 0 aliphatic heterocycles. The van der Waals surface area contributed by atoms with E-state index in [-0.39, 0.29) is 12.3 Å². The van der Waals surface area contributed by atoms with Gasteiger partial charge in [-0.3, -0.25) is 10.1 Å². The number of carbonyl (C=O) groups is 1. The van der Waals surface area contributed by atoms with Gasteiger partial charge in [-0.2, -0.15) is 0 Å². The van der Waals surface area contributed by atoms with E-state index in [1.54, 1.807) is 6.92 Å². The Hall–Kier alpha value is -1.95. The van der Waals surface area contributed by atoms with E-state index in [0.717, 1.165) is 0 Å². The molecule has 2 N–H and O–H groups in total. The first-order valence-corrected chi connectivity index (χ1v) is 4.72. The molecule has 0 amide bonds. The fourth-order valence-corrected chi connectivity index (χ4v) is 1.17. The van der Waals surface area contributed by atoms with Crippen LogP contribution in [-0.2, 0) is 9.53 Å². The van der Waals surface area contributed by atoms with Crippen molar-refractivity contribution in [2.45, 2.75) is 13.0 Å². The molecule has 0 aliphatic carbocycles. The van der Waals surface area contributed by atoms with Crippen LogP contribution in [0.5, 0.6) is 0 Å². The minimum atomic E-state index is -0.902. The topological polar surface area (TPSA) is 95.5 Å². The Morgan fingerprint density at radius 2 is 2.06 bits per heavy atom. The number of esters is 1. The van der Waals surface area contributed by atoms with Gasteiger partial charge in [-0.05, 0) is 12.5 Å². The van der Waals surface area contributed by atoms with Crippen molar-refractivity contribution in [3.63, 3.8) is 0 Å². The molecule has 0 saturated heterocycles. The highest BCUT2D eigenvalue weighted by molar-refractivity contribution is 5.77. The summed E-state index contributed by atoms with van der Waals surface area (Å²) in [6.07, 6.45) is 0. The molecule has 0 spiro atoms. The van der Waals surface area contributed by atoms with Gasteiger partial charge in [0.2, 0.25) is 0 Å². The molecule has 86 valence electrons. The van der Waals surface area contributed by atoms with Gasteiger partial charge in [-0.15, -0.1) is 0 Å². The number of rotatable bonds is 4. The van der Waals surface area contributed by atoms with E-state index in [9.17, 15) is 14.9 Å². The predicted octanol–water partition coefficient (Wildman–Crippen LogP) is 1.16. The number of ether oxygens (including phenoxy) is 1. The zero-order valence-corrected chi connectivity index (χ0v) is 8.75. The summed E-state index contributed by atoms with van der Waals surface area (Å²) in [5.74, 6) is -0.545. The van der Waals surface area contributed by atoms with Gasteiger partial charge in [0.25, 0.3) is 5.69 Å². The Labute approximate surface area is 92.2 Å². The normalized spacial score (nSPS) is 11.9. The maximum atomic E-state index is 11.3. The highest BCUT2D eigenvalue weighted by atomic mass is 16.6. The summed E-state index contributed by atoms with van der Waals surface area (Å²) >= 11 is 0. The van der Waals surface area contributed by atoms with Crippen LogP contribution in [0.2, 0.25) is 0 Å². The van der Waals surface area contributed by atoms with Crippen LogP contribution < -0.4 is 5.73 Å². The van der Waals surface area contributed by atoms with Crippen molar-refractivity contribution in [3.8, 4) is 0 Å². The molecule has 0 heterocycles. The smallest absolute Gasteiger partial charge is 0.327 e. The molecule has 1 rings (SSSR count). The van der Waals surface area contributed by atoms with Crippen LogP contribution in [0.3, 0.4) is 0 Å². The van der Waals surface area contributed by atoms with E-state index in [0.29, 0.717) is 5.56 Å². The first-order valence-electron chi connectivity index (χ1n) is 4.72. The third-order valence-corrected chi connectivity index (χ3v) is 2.00. The predicted molar refractivity (Wildman–Crippen MR) is 56.7 cm³/mol. The van der Waals surface area contributed by atoms with E-state index in [4.69, 9.17) is 10.5 Å². The van der Waals surface area contributed by atoms with Crippen molar-refractivity contribution in [3.05, 3.63) is 39.9 Å². The number of nitro benzene ring substituents is 1. The van der Waals surface area contributed by atoms with Crippen LogP contribution >= 0.6 is 0 Å². The Kier molecular flexibility index (Phi) is 3.96. The lowest BCUT2D eigenvalue weighted by Gasteiger charge is -2.10. The third-order valence-electron chi connectivity index (χ3n) is 2.00. The number of carbonyl (C=O) groups excluding carboxylic acids is 1. The highest BCUT2D eigenvalue weighted by Gasteiger charge is 2.17. The molecule has 1 unspecified atom stereocenters. The van der Waals surface area contributed by atoms with Crippen LogP contribution in [-0.4, -0.2) is 17.5 Å². The maximum Gasteiger partial charge on any atom is 0.327 e. The summed E-state index contributed by atoms with van der Waals surface area (Å²) in [5, 5.41) is 10.4. The van der Waals surface area contributed by atoms with Crippen molar-refractivity contribution >= 4 is 11.7 Å². The van der Waals surface area contributed by atoms with Gasteiger partial charge in [0.1, 0.15) is 6.04 Å². The average molecular weight is 224 g/mol. The van der Waals surface area contributed by atoms with Gasteiger partial charge in [0.15, 0.2) is 0 Å². The Morgan fingerprint density at radius 3 is 2.50 bits per heavy atom. The lowest BCUT2D eigenvalue weighted by Crippen LogP contribution is -2.23. The van der Waals surface area contributed by atoms with Gasteiger partial charge in [0, 0.05) is 12.1 Å². The van der Waals surface area contributed by atoms with Crippen LogP contribution in [0.15, 0.2) is 24.3 Å². The number of nitro groups is 1. The van der Waals surface area contributed by atoms with E-state index in [1.807, 2.05) is 0 Å². The monoisotopic (exact) mass is 224 g/mol. The molecule has 1 aromatic rings.